The highest BCUT2D eigenvalue weighted by Crippen LogP contribution is 2.38. The number of nitrogens with zero attached hydrogens (tertiary/aromatic N) is 4. The lowest BCUT2D eigenvalue weighted by molar-refractivity contribution is 0.343. The molecule has 206 valence electrons. The summed E-state index contributed by atoms with van der Waals surface area (Å²) < 4.78 is 29.5. The summed E-state index contributed by atoms with van der Waals surface area (Å²) in [4.78, 5) is 9.08. The number of imidazole rings is 2. The second kappa shape index (κ2) is 11.8. The van der Waals surface area contributed by atoms with Crippen molar-refractivity contribution < 1.29 is 13.9 Å². The van der Waals surface area contributed by atoms with E-state index in [0.717, 1.165) is 39.4 Å². The maximum atomic E-state index is 13.8. The first-order chi connectivity index (χ1) is 19.3. The molecule has 6 nitrogen and oxygen atoms in total. The molecule has 5 rings (SSSR count). The van der Waals surface area contributed by atoms with Gasteiger partial charge in [0.15, 0.2) is 5.16 Å². The molecule has 0 aliphatic rings. The van der Waals surface area contributed by atoms with Gasteiger partial charge in [0.25, 0.3) is 0 Å². The zero-order chi connectivity index (χ0) is 28.3. The molecule has 0 aliphatic heterocycles. The summed E-state index contributed by atoms with van der Waals surface area (Å²) in [7, 11) is 1.60. The molecular weight excluding hydrogens is 547 g/mol. The average molecular weight is 577 g/mol. The van der Waals surface area contributed by atoms with Crippen LogP contribution in [-0.4, -0.2) is 38.6 Å². The number of ether oxygens (including phenoxy) is 2. The van der Waals surface area contributed by atoms with Gasteiger partial charge < -0.3 is 14.0 Å². The monoisotopic (exact) mass is 576 g/mol. The molecule has 2 aromatic heterocycles. The fourth-order valence-electron chi connectivity index (χ4n) is 4.58. The van der Waals surface area contributed by atoms with E-state index in [1.807, 2.05) is 66.3 Å². The van der Waals surface area contributed by atoms with Crippen molar-refractivity contribution in [1.82, 2.24) is 19.1 Å². The second-order valence-corrected chi connectivity index (χ2v) is 11.2. The van der Waals surface area contributed by atoms with Gasteiger partial charge in [0.1, 0.15) is 23.1 Å². The summed E-state index contributed by atoms with van der Waals surface area (Å²) in [6, 6.07) is 20.2. The third kappa shape index (κ3) is 5.74. The third-order valence-electron chi connectivity index (χ3n) is 6.83. The van der Waals surface area contributed by atoms with Crippen molar-refractivity contribution in [3.8, 4) is 22.9 Å². The summed E-state index contributed by atoms with van der Waals surface area (Å²) in [5.41, 5.74) is 3.34. The first-order valence-corrected chi connectivity index (χ1v) is 14.2. The minimum absolute atomic E-state index is 0.289. The number of halogens is 2. The zero-order valence-electron chi connectivity index (χ0n) is 22.8. The van der Waals surface area contributed by atoms with Crippen LogP contribution in [0.5, 0.6) is 11.5 Å². The van der Waals surface area contributed by atoms with Crippen LogP contribution in [0, 0.1) is 12.7 Å². The van der Waals surface area contributed by atoms with Crippen LogP contribution in [0.2, 0.25) is 5.02 Å². The molecule has 2 heterocycles. The van der Waals surface area contributed by atoms with Crippen LogP contribution in [0.3, 0.4) is 0 Å². The fraction of sp³-hybridized carbons (Fsp3) is 0.226. The molecule has 0 spiro atoms. The van der Waals surface area contributed by atoms with Gasteiger partial charge in [-0.3, -0.25) is 4.57 Å². The lowest BCUT2D eigenvalue weighted by atomic mass is 9.81. The SMILES string of the molecule is COc1cc(C(C)(C)c2cnc(SCCOc3cccc(-n4ccnc4C)c3)n2-c2ccc(F)cc2)ccc1Cl. The predicted molar refractivity (Wildman–Crippen MR) is 158 cm³/mol. The van der Waals surface area contributed by atoms with E-state index < -0.39 is 5.41 Å². The molecule has 0 unspecified atom stereocenters. The third-order valence-corrected chi connectivity index (χ3v) is 8.06. The van der Waals surface area contributed by atoms with Gasteiger partial charge in [0.2, 0.25) is 0 Å². The molecule has 0 amide bonds. The van der Waals surface area contributed by atoms with Gasteiger partial charge in [-0.15, -0.1) is 0 Å². The molecule has 0 saturated carbocycles. The molecule has 5 aromatic rings. The van der Waals surface area contributed by atoms with Crippen molar-refractivity contribution in [1.29, 1.82) is 0 Å². The maximum Gasteiger partial charge on any atom is 0.172 e. The van der Waals surface area contributed by atoms with Gasteiger partial charge in [0, 0.05) is 35.3 Å². The minimum atomic E-state index is -0.458. The smallest absolute Gasteiger partial charge is 0.172 e. The number of benzene rings is 3. The molecule has 0 saturated heterocycles. The molecule has 9 heteroatoms. The normalized spacial score (nSPS) is 11.6. The summed E-state index contributed by atoms with van der Waals surface area (Å²) >= 11 is 7.88. The largest absolute Gasteiger partial charge is 0.495 e. The Balaban J connectivity index is 1.38. The number of aromatic nitrogens is 4. The molecular formula is C31H30ClFN4O2S. The van der Waals surface area contributed by atoms with Gasteiger partial charge >= 0.3 is 0 Å². The fourth-order valence-corrected chi connectivity index (χ4v) is 5.58. The Kier molecular flexibility index (Phi) is 8.19. The van der Waals surface area contributed by atoms with E-state index in [-0.39, 0.29) is 5.82 Å². The topological polar surface area (TPSA) is 54.1 Å². The van der Waals surface area contributed by atoms with E-state index in [0.29, 0.717) is 23.1 Å². The van der Waals surface area contributed by atoms with Gasteiger partial charge in [0.05, 0.1) is 36.3 Å². The van der Waals surface area contributed by atoms with Crippen LogP contribution in [0.25, 0.3) is 11.4 Å². The molecule has 0 aliphatic carbocycles. The van der Waals surface area contributed by atoms with Crippen molar-refractivity contribution >= 4 is 23.4 Å². The lowest BCUT2D eigenvalue weighted by Crippen LogP contribution is -2.23. The minimum Gasteiger partial charge on any atom is -0.495 e. The van der Waals surface area contributed by atoms with Crippen LogP contribution in [0.15, 0.2) is 90.5 Å². The van der Waals surface area contributed by atoms with Crippen molar-refractivity contribution in [3.05, 3.63) is 113 Å². The van der Waals surface area contributed by atoms with E-state index in [9.17, 15) is 4.39 Å². The second-order valence-electron chi connectivity index (χ2n) is 9.75. The van der Waals surface area contributed by atoms with Crippen LogP contribution >= 0.6 is 23.4 Å². The van der Waals surface area contributed by atoms with Crippen LogP contribution in [-0.2, 0) is 5.41 Å². The number of rotatable bonds is 10. The summed E-state index contributed by atoms with van der Waals surface area (Å²) in [6.45, 7) is 6.70. The van der Waals surface area contributed by atoms with E-state index in [1.165, 1.54) is 12.1 Å². The maximum absolute atomic E-state index is 13.8. The first-order valence-electron chi connectivity index (χ1n) is 12.8. The number of methoxy groups -OCH3 is 1. The van der Waals surface area contributed by atoms with E-state index >= 15 is 0 Å². The summed E-state index contributed by atoms with van der Waals surface area (Å²) in [6.07, 6.45) is 5.59. The standard InChI is InChI=1S/C31H30ClFN4O2S/c1-21-34-14-15-36(21)25-6-5-7-26(19-25)39-16-17-40-30-35-20-29(37(30)24-11-9-23(33)10-12-24)31(2,3)22-8-13-27(32)28(18-22)38-4/h5-15,18-20H,16-17H2,1-4H3. The molecule has 0 bridgehead atoms. The lowest BCUT2D eigenvalue weighted by Gasteiger charge is -2.28. The molecule has 3 aromatic carbocycles. The Morgan fingerprint density at radius 1 is 1.00 bits per heavy atom. The molecule has 40 heavy (non-hydrogen) atoms. The molecule has 0 N–H and O–H groups in total. The van der Waals surface area contributed by atoms with E-state index in [4.69, 9.17) is 26.1 Å². The quantitative estimate of drug-likeness (QED) is 0.126. The Bertz CT molecular complexity index is 1610. The van der Waals surface area contributed by atoms with Gasteiger partial charge in [-0.25, -0.2) is 14.4 Å². The zero-order valence-corrected chi connectivity index (χ0v) is 24.3. The van der Waals surface area contributed by atoms with Gasteiger partial charge in [-0.05, 0) is 61.0 Å². The van der Waals surface area contributed by atoms with Crippen LogP contribution in [0.1, 0.15) is 30.9 Å². The Hall–Kier alpha value is -3.75. The van der Waals surface area contributed by atoms with Crippen LogP contribution < -0.4 is 9.47 Å². The molecule has 0 atom stereocenters. The number of thioether (sulfide) groups is 1. The molecule has 0 radical (unpaired) electrons. The first kappa shape index (κ1) is 27.8. The Morgan fingerprint density at radius 2 is 1.80 bits per heavy atom. The van der Waals surface area contributed by atoms with Crippen LogP contribution in [0.4, 0.5) is 4.39 Å². The van der Waals surface area contributed by atoms with Gasteiger partial charge in [-0.2, -0.15) is 0 Å². The van der Waals surface area contributed by atoms with Crippen molar-refractivity contribution in [2.45, 2.75) is 31.3 Å². The number of aryl methyl sites for hydroxylation is 1. The molecule has 0 fully saturated rings. The highest BCUT2D eigenvalue weighted by atomic mass is 35.5. The highest BCUT2D eigenvalue weighted by Gasteiger charge is 2.30. The van der Waals surface area contributed by atoms with Gasteiger partial charge in [-0.1, -0.05) is 49.3 Å². The predicted octanol–water partition coefficient (Wildman–Crippen LogP) is 7.66. The number of hydrogen-bond acceptors (Lipinski definition) is 5. The van der Waals surface area contributed by atoms with E-state index in [2.05, 4.69) is 23.4 Å². The van der Waals surface area contributed by atoms with Crippen molar-refractivity contribution in [3.63, 3.8) is 0 Å². The highest BCUT2D eigenvalue weighted by molar-refractivity contribution is 7.99. The van der Waals surface area contributed by atoms with Crippen molar-refractivity contribution in [2.24, 2.45) is 0 Å². The van der Waals surface area contributed by atoms with Crippen molar-refractivity contribution in [2.75, 3.05) is 19.5 Å². The Morgan fingerprint density at radius 3 is 2.52 bits per heavy atom. The average Bonchev–Trinajstić information content (AvgIpc) is 3.58. The number of hydrogen-bond donors (Lipinski definition) is 0. The Labute approximate surface area is 242 Å². The summed E-state index contributed by atoms with van der Waals surface area (Å²) in [5.74, 6) is 2.69. The summed E-state index contributed by atoms with van der Waals surface area (Å²) in [5, 5.41) is 1.35. The van der Waals surface area contributed by atoms with E-state index in [1.54, 1.807) is 37.2 Å².